The average Bonchev–Trinajstić information content (AvgIpc) is 2.77. The van der Waals surface area contributed by atoms with E-state index in [0.29, 0.717) is 5.88 Å². The van der Waals surface area contributed by atoms with Gasteiger partial charge in [-0.3, -0.25) is 4.57 Å². The van der Waals surface area contributed by atoms with E-state index in [-0.39, 0.29) is 0 Å². The van der Waals surface area contributed by atoms with Gasteiger partial charge in [-0.1, -0.05) is 6.92 Å². The molecule has 0 aliphatic heterocycles. The van der Waals surface area contributed by atoms with Gasteiger partial charge in [-0.25, -0.2) is 9.97 Å². The molecule has 17 heavy (non-hydrogen) atoms. The maximum atomic E-state index is 5.80. The Morgan fingerprint density at radius 1 is 1.35 bits per heavy atom. The molecular weight excluding hydrogens is 234 g/mol. The van der Waals surface area contributed by atoms with Gasteiger partial charge in [0, 0.05) is 30.9 Å². The number of rotatable bonds is 4. The molecule has 2 aromatic rings. The van der Waals surface area contributed by atoms with Gasteiger partial charge in [0.1, 0.15) is 11.6 Å². The van der Waals surface area contributed by atoms with Gasteiger partial charge in [0.15, 0.2) is 0 Å². The summed E-state index contributed by atoms with van der Waals surface area (Å²) in [6.07, 6.45) is 7.65. The summed E-state index contributed by atoms with van der Waals surface area (Å²) in [6.45, 7) is 4.20. The van der Waals surface area contributed by atoms with Gasteiger partial charge >= 0.3 is 0 Å². The van der Waals surface area contributed by atoms with Crippen molar-refractivity contribution in [2.24, 2.45) is 0 Å². The quantitative estimate of drug-likeness (QED) is 0.779. The number of imidazole rings is 1. The molecule has 90 valence electrons. The average molecular weight is 250 g/mol. The maximum absolute atomic E-state index is 5.80. The second-order valence-corrected chi connectivity index (χ2v) is 4.35. The number of nitrogens with zero attached hydrogens (tertiary/aromatic N) is 3. The molecule has 0 fully saturated rings. The van der Waals surface area contributed by atoms with Gasteiger partial charge in [0.05, 0.1) is 0 Å². The third kappa shape index (κ3) is 2.50. The van der Waals surface area contributed by atoms with Crippen LogP contribution in [0.2, 0.25) is 0 Å². The van der Waals surface area contributed by atoms with Crippen LogP contribution in [0.1, 0.15) is 30.3 Å². The highest BCUT2D eigenvalue weighted by atomic mass is 35.5. The number of halogens is 1. The molecule has 4 heteroatoms. The normalized spacial score (nSPS) is 10.8. The summed E-state index contributed by atoms with van der Waals surface area (Å²) in [7, 11) is 0. The lowest BCUT2D eigenvalue weighted by Gasteiger charge is -2.10. The molecule has 2 aromatic heterocycles. The zero-order valence-corrected chi connectivity index (χ0v) is 10.9. The molecule has 2 rings (SSSR count). The SMILES string of the molecule is CCCc1nccn1-c1ncc(CCl)cc1C. The Morgan fingerprint density at radius 3 is 2.82 bits per heavy atom. The van der Waals surface area contributed by atoms with Crippen LogP contribution in [0.4, 0.5) is 0 Å². The first kappa shape index (κ1) is 12.1. The molecule has 0 atom stereocenters. The van der Waals surface area contributed by atoms with Crippen molar-refractivity contribution in [2.75, 3.05) is 0 Å². The summed E-state index contributed by atoms with van der Waals surface area (Å²) in [4.78, 5) is 8.84. The number of hydrogen-bond acceptors (Lipinski definition) is 2. The summed E-state index contributed by atoms with van der Waals surface area (Å²) in [5.41, 5.74) is 2.17. The van der Waals surface area contributed by atoms with Gasteiger partial charge in [-0.2, -0.15) is 0 Å². The molecule has 0 radical (unpaired) electrons. The van der Waals surface area contributed by atoms with Crippen LogP contribution in [0.5, 0.6) is 0 Å². The standard InChI is InChI=1S/C13H16ClN3/c1-3-4-12-15-5-6-17(12)13-10(2)7-11(8-14)9-16-13/h5-7,9H,3-4,8H2,1-2H3. The number of pyridine rings is 1. The zero-order chi connectivity index (χ0) is 12.3. The second kappa shape index (κ2) is 5.32. The van der Waals surface area contributed by atoms with Crippen LogP contribution in [-0.4, -0.2) is 14.5 Å². The van der Waals surface area contributed by atoms with Crippen LogP contribution in [0, 0.1) is 6.92 Å². The first-order valence-electron chi connectivity index (χ1n) is 5.80. The maximum Gasteiger partial charge on any atom is 0.140 e. The van der Waals surface area contributed by atoms with Crippen molar-refractivity contribution in [3.63, 3.8) is 0 Å². The predicted octanol–water partition coefficient (Wildman–Crippen LogP) is 3.27. The Balaban J connectivity index is 2.42. The second-order valence-electron chi connectivity index (χ2n) is 4.08. The first-order valence-corrected chi connectivity index (χ1v) is 6.33. The van der Waals surface area contributed by atoms with E-state index < -0.39 is 0 Å². The van der Waals surface area contributed by atoms with Gasteiger partial charge in [-0.15, -0.1) is 11.6 Å². The van der Waals surface area contributed by atoms with Crippen molar-refractivity contribution >= 4 is 11.6 Å². The highest BCUT2D eigenvalue weighted by Gasteiger charge is 2.08. The molecule has 0 aliphatic rings. The van der Waals surface area contributed by atoms with E-state index in [1.807, 2.05) is 25.5 Å². The van der Waals surface area contributed by atoms with E-state index in [0.717, 1.165) is 35.6 Å². The van der Waals surface area contributed by atoms with Gasteiger partial charge in [-0.05, 0) is 30.5 Å². The molecule has 0 saturated carbocycles. The van der Waals surface area contributed by atoms with Gasteiger partial charge in [0.25, 0.3) is 0 Å². The topological polar surface area (TPSA) is 30.7 Å². The molecule has 0 unspecified atom stereocenters. The lowest BCUT2D eigenvalue weighted by Crippen LogP contribution is -2.05. The van der Waals surface area contributed by atoms with E-state index in [4.69, 9.17) is 11.6 Å². The molecule has 0 saturated heterocycles. The van der Waals surface area contributed by atoms with E-state index in [9.17, 15) is 0 Å². The van der Waals surface area contributed by atoms with E-state index in [1.165, 1.54) is 0 Å². The molecule has 0 aromatic carbocycles. The van der Waals surface area contributed by atoms with Crippen LogP contribution in [-0.2, 0) is 12.3 Å². The summed E-state index contributed by atoms with van der Waals surface area (Å²) in [6, 6.07) is 2.07. The van der Waals surface area contributed by atoms with Crippen molar-refractivity contribution in [3.8, 4) is 5.82 Å². The molecule has 0 aliphatic carbocycles. The van der Waals surface area contributed by atoms with Crippen molar-refractivity contribution in [3.05, 3.63) is 41.6 Å². The Hall–Kier alpha value is -1.35. The lowest BCUT2D eigenvalue weighted by atomic mass is 10.2. The largest absolute Gasteiger partial charge is 0.288 e. The highest BCUT2D eigenvalue weighted by Crippen LogP contribution is 2.16. The smallest absolute Gasteiger partial charge is 0.140 e. The van der Waals surface area contributed by atoms with Crippen LogP contribution < -0.4 is 0 Å². The Bertz CT molecular complexity index is 505. The Kier molecular flexibility index (Phi) is 3.79. The minimum atomic E-state index is 0.500. The lowest BCUT2D eigenvalue weighted by molar-refractivity contribution is 0.794. The van der Waals surface area contributed by atoms with E-state index in [1.54, 1.807) is 0 Å². The molecular formula is C13H16ClN3. The summed E-state index contributed by atoms with van der Waals surface area (Å²) in [5, 5.41) is 0. The van der Waals surface area contributed by atoms with E-state index in [2.05, 4.69) is 27.5 Å². The van der Waals surface area contributed by atoms with Gasteiger partial charge < -0.3 is 0 Å². The molecule has 0 spiro atoms. The number of alkyl halides is 1. The monoisotopic (exact) mass is 249 g/mol. The molecule has 3 nitrogen and oxygen atoms in total. The fraction of sp³-hybridized carbons (Fsp3) is 0.385. The molecule has 0 amide bonds. The molecule has 2 heterocycles. The minimum absolute atomic E-state index is 0.500. The number of aryl methyl sites for hydroxylation is 2. The summed E-state index contributed by atoms with van der Waals surface area (Å²) >= 11 is 5.80. The fourth-order valence-electron chi connectivity index (χ4n) is 1.89. The van der Waals surface area contributed by atoms with Crippen LogP contribution >= 0.6 is 11.6 Å². The molecule has 0 N–H and O–H groups in total. The van der Waals surface area contributed by atoms with Crippen molar-refractivity contribution < 1.29 is 0 Å². The molecule has 0 bridgehead atoms. The summed E-state index contributed by atoms with van der Waals surface area (Å²) in [5.74, 6) is 2.50. The Labute approximate surface area is 106 Å². The highest BCUT2D eigenvalue weighted by molar-refractivity contribution is 6.17. The third-order valence-electron chi connectivity index (χ3n) is 2.68. The minimum Gasteiger partial charge on any atom is -0.288 e. The first-order chi connectivity index (χ1) is 8.26. The van der Waals surface area contributed by atoms with Crippen molar-refractivity contribution in [1.29, 1.82) is 0 Å². The fourth-order valence-corrected chi connectivity index (χ4v) is 2.03. The van der Waals surface area contributed by atoms with E-state index >= 15 is 0 Å². The van der Waals surface area contributed by atoms with Gasteiger partial charge in [0.2, 0.25) is 0 Å². The summed E-state index contributed by atoms with van der Waals surface area (Å²) < 4.78 is 2.05. The van der Waals surface area contributed by atoms with Crippen LogP contribution in [0.3, 0.4) is 0 Å². The van der Waals surface area contributed by atoms with Crippen molar-refractivity contribution in [1.82, 2.24) is 14.5 Å². The van der Waals surface area contributed by atoms with Crippen molar-refractivity contribution in [2.45, 2.75) is 32.6 Å². The number of hydrogen-bond donors (Lipinski definition) is 0. The van der Waals surface area contributed by atoms with Crippen LogP contribution in [0.15, 0.2) is 24.7 Å². The number of aromatic nitrogens is 3. The zero-order valence-electron chi connectivity index (χ0n) is 10.2. The van der Waals surface area contributed by atoms with Crippen LogP contribution in [0.25, 0.3) is 5.82 Å². The third-order valence-corrected chi connectivity index (χ3v) is 2.99. The Morgan fingerprint density at radius 2 is 2.18 bits per heavy atom. The predicted molar refractivity (Wildman–Crippen MR) is 69.6 cm³/mol.